The molecule has 3 atom stereocenters. The number of esters is 1. The molecular formula is C46H60N6O8S3. The Morgan fingerprint density at radius 3 is 2.54 bits per heavy atom. The monoisotopic (exact) mass is 920 g/mol. The van der Waals surface area contributed by atoms with E-state index in [4.69, 9.17) is 13.9 Å². The molecule has 2 aliphatic rings. The van der Waals surface area contributed by atoms with Gasteiger partial charge in [-0.2, -0.15) is 40.5 Å². The minimum atomic E-state index is -1.12. The molecule has 17 heteroatoms. The molecular weight excluding hydrogens is 861 g/mol. The second-order valence-corrected chi connectivity index (χ2v) is 17.0. The van der Waals surface area contributed by atoms with Gasteiger partial charge < -0.3 is 28.9 Å². The van der Waals surface area contributed by atoms with Gasteiger partial charge in [-0.3, -0.25) is 29.2 Å². The summed E-state index contributed by atoms with van der Waals surface area (Å²) in [6, 6.07) is 11.5. The minimum absolute atomic E-state index is 0. The zero-order chi connectivity index (χ0) is 42.7. The second-order valence-electron chi connectivity index (χ2n) is 17.0. The number of carbonyl (C=O) groups excluding carboxylic acids is 4. The van der Waals surface area contributed by atoms with Gasteiger partial charge in [0.2, 0.25) is 11.7 Å². The zero-order valence-electron chi connectivity index (χ0n) is 36.6. The Kier molecular flexibility index (Phi) is 17.5. The molecule has 2 aromatic carbocycles. The first-order valence-electron chi connectivity index (χ1n) is 20.6. The molecule has 0 spiro atoms. The first-order chi connectivity index (χ1) is 28.8. The van der Waals surface area contributed by atoms with Crippen molar-refractivity contribution in [2.75, 3.05) is 20.3 Å². The molecule has 5 heterocycles. The smallest absolute Gasteiger partial charge is 0.324 e. The van der Waals surface area contributed by atoms with Gasteiger partial charge in [0.15, 0.2) is 0 Å². The van der Waals surface area contributed by atoms with E-state index in [-0.39, 0.29) is 77.5 Å². The predicted octanol–water partition coefficient (Wildman–Crippen LogP) is 6.76. The predicted molar refractivity (Wildman–Crippen MR) is 256 cm³/mol. The number of cyclic esters (lactones) is 1. The van der Waals surface area contributed by atoms with Crippen LogP contribution in [0.1, 0.15) is 81.3 Å². The van der Waals surface area contributed by atoms with Gasteiger partial charge >= 0.3 is 5.97 Å². The molecule has 2 aliphatic heterocycles. The van der Waals surface area contributed by atoms with Gasteiger partial charge in [0, 0.05) is 73.2 Å². The third kappa shape index (κ3) is 11.3. The van der Waals surface area contributed by atoms with Crippen LogP contribution in [0.2, 0.25) is 0 Å². The number of aromatic hydroxyl groups is 1. The van der Waals surface area contributed by atoms with Gasteiger partial charge in [0.05, 0.1) is 25.1 Å². The summed E-state index contributed by atoms with van der Waals surface area (Å²) >= 11 is 0. The van der Waals surface area contributed by atoms with Crippen molar-refractivity contribution < 1.29 is 38.2 Å². The lowest BCUT2D eigenvalue weighted by atomic mass is 9.84. The fourth-order valence-electron chi connectivity index (χ4n) is 8.49. The molecule has 6 bridgehead atoms. The lowest BCUT2D eigenvalue weighted by molar-refractivity contribution is -0.155. The third-order valence-corrected chi connectivity index (χ3v) is 11.5. The summed E-state index contributed by atoms with van der Waals surface area (Å²) in [5.41, 5.74) is 9.78. The molecule has 0 aliphatic carbocycles. The number of methoxy groups -OCH3 is 1. The first kappa shape index (κ1) is 50.8. The fraction of sp³-hybridized carbons (Fsp3) is 0.435. The number of carbonyl (C=O) groups is 4. The fourth-order valence-corrected chi connectivity index (χ4v) is 8.49. The lowest BCUT2D eigenvalue weighted by Crippen LogP contribution is -2.61. The van der Waals surface area contributed by atoms with Gasteiger partial charge in [0.1, 0.15) is 24.1 Å². The number of amides is 2. The number of hydrogen-bond acceptors (Lipinski definition) is 11. The van der Waals surface area contributed by atoms with Crippen LogP contribution in [-0.4, -0.2) is 80.6 Å². The molecule has 63 heavy (non-hydrogen) atoms. The van der Waals surface area contributed by atoms with Crippen molar-refractivity contribution in [1.82, 2.24) is 30.3 Å². The molecule has 5 aromatic rings. The molecule has 3 aromatic heterocycles. The number of benzene rings is 2. The summed E-state index contributed by atoms with van der Waals surface area (Å²) in [5.74, 6) is -3.02. The van der Waals surface area contributed by atoms with E-state index in [0.29, 0.717) is 44.5 Å². The number of nitrogens with zero attached hydrogens (tertiary/aromatic N) is 4. The maximum atomic E-state index is 14.5. The van der Waals surface area contributed by atoms with Crippen LogP contribution in [0.4, 0.5) is 0 Å². The maximum absolute atomic E-state index is 14.5. The number of ketones is 1. The molecule has 340 valence electrons. The number of hydrazine groups is 1. The summed E-state index contributed by atoms with van der Waals surface area (Å²) in [4.78, 5) is 63.9. The Morgan fingerprint density at radius 2 is 1.84 bits per heavy atom. The molecule has 7 rings (SSSR count). The number of phenolic OH excluding ortho intramolecular Hbond substituents is 1. The van der Waals surface area contributed by atoms with E-state index in [1.807, 2.05) is 38.2 Å². The molecule has 0 unspecified atom stereocenters. The molecule has 0 radical (unpaired) electrons. The third-order valence-electron chi connectivity index (χ3n) is 11.5. The van der Waals surface area contributed by atoms with Gasteiger partial charge in [-0.25, -0.2) is 10.4 Å². The van der Waals surface area contributed by atoms with E-state index in [1.54, 1.807) is 25.4 Å². The number of phenols is 1. The van der Waals surface area contributed by atoms with Crippen LogP contribution in [0, 0.1) is 17.3 Å². The highest BCUT2D eigenvalue weighted by molar-refractivity contribution is 7.59. The van der Waals surface area contributed by atoms with Crippen LogP contribution >= 0.6 is 40.5 Å². The van der Waals surface area contributed by atoms with Crippen LogP contribution in [0.25, 0.3) is 33.3 Å². The van der Waals surface area contributed by atoms with Gasteiger partial charge in [-0.1, -0.05) is 39.8 Å². The molecule has 3 N–H and O–H groups in total. The zero-order valence-corrected chi connectivity index (χ0v) is 39.6. The van der Waals surface area contributed by atoms with Crippen LogP contribution in [0.5, 0.6) is 5.75 Å². The number of hydrogen-bond donors (Lipinski definition) is 3. The van der Waals surface area contributed by atoms with Crippen molar-refractivity contribution in [2.45, 2.75) is 92.0 Å². The standard InChI is InChI=1S/C46H54N6O8.3H2S/c1-7-51-39-11-10-29-21-34(39)35(41(51)36-24-47-13-12-30(36)25-58-6)23-46(4,5)26-60-45(57)37-9-8-15-52(50-37)44(56)38(19-28-17-31(29)20-32(53)18-28)49-42(55)33(27(2)3)22-40(54)43-48-14-16-59-43;;;/h10-14,16-18,20-21,24,27,33,37-38,50,53H,7-9,15,19,22-23,25-26H2,1-6H3,(H,49,55);3*1H2/t33-,37-,38-;;;/m0.../s1. The van der Waals surface area contributed by atoms with Crippen LogP contribution in [0.3, 0.4) is 0 Å². The molecule has 14 nitrogen and oxygen atoms in total. The van der Waals surface area contributed by atoms with Crippen molar-refractivity contribution in [1.29, 1.82) is 0 Å². The van der Waals surface area contributed by atoms with E-state index in [0.717, 1.165) is 44.4 Å². The van der Waals surface area contributed by atoms with Gasteiger partial charge in [-0.15, -0.1) is 0 Å². The Balaban J connectivity index is 0.00000290. The number of aryl methyl sites for hydroxylation is 1. The SMILES string of the molecule is CCn1c(-c2cnccc2COC)c2c3cc(ccc31)-c1cc(O)cc(c1)C[C@H](NC(=O)[C@@H](CC(=O)c1ncco1)C(C)C)C(=O)N1CCC[C@H](N1)C(=O)OCC(C)(C)C2.S.S.S. The van der Waals surface area contributed by atoms with Gasteiger partial charge in [0.25, 0.3) is 11.8 Å². The largest absolute Gasteiger partial charge is 0.508 e. The Labute approximate surface area is 389 Å². The number of rotatable bonds is 10. The summed E-state index contributed by atoms with van der Waals surface area (Å²) in [7, 11) is 1.67. The number of fused-ring (bicyclic) bond motifs is 6. The summed E-state index contributed by atoms with van der Waals surface area (Å²) < 4.78 is 19.2. The normalized spacial score (nSPS) is 18.0. The summed E-state index contributed by atoms with van der Waals surface area (Å²) in [5, 5.41) is 16.5. The van der Waals surface area contributed by atoms with Crippen molar-refractivity contribution in [2.24, 2.45) is 17.3 Å². The highest BCUT2D eigenvalue weighted by Gasteiger charge is 2.37. The van der Waals surface area contributed by atoms with Crippen LogP contribution in [0.15, 0.2) is 71.7 Å². The summed E-state index contributed by atoms with van der Waals surface area (Å²) in [6.07, 6.45) is 7.68. The van der Waals surface area contributed by atoms with Crippen LogP contribution in [-0.2, 0) is 49.9 Å². The van der Waals surface area contributed by atoms with Crippen LogP contribution < -0.4 is 10.7 Å². The lowest BCUT2D eigenvalue weighted by Gasteiger charge is -2.36. The van der Waals surface area contributed by atoms with E-state index >= 15 is 0 Å². The Bertz CT molecular complexity index is 2400. The number of ether oxygens (including phenoxy) is 2. The molecule has 0 saturated carbocycles. The number of Topliss-reactive ketones (excluding diaryl/α,β-unsaturated/α-hetero) is 1. The van der Waals surface area contributed by atoms with E-state index in [1.165, 1.54) is 17.5 Å². The number of aromatic nitrogens is 3. The number of pyridine rings is 1. The topological polar surface area (TPSA) is 178 Å². The van der Waals surface area contributed by atoms with Crippen molar-refractivity contribution in [3.63, 3.8) is 0 Å². The molecule has 1 fully saturated rings. The highest BCUT2D eigenvalue weighted by atomic mass is 32.1. The molecule has 2 amide bonds. The Morgan fingerprint density at radius 1 is 1.06 bits per heavy atom. The minimum Gasteiger partial charge on any atom is -0.508 e. The van der Waals surface area contributed by atoms with E-state index < -0.39 is 47.0 Å². The highest BCUT2D eigenvalue weighted by Crippen LogP contribution is 2.41. The van der Waals surface area contributed by atoms with Gasteiger partial charge in [-0.05, 0) is 90.3 Å². The summed E-state index contributed by atoms with van der Waals surface area (Å²) in [6.45, 7) is 11.4. The average molecular weight is 921 g/mol. The quantitative estimate of drug-likeness (QED) is 0.0996. The molecule has 1 saturated heterocycles. The van der Waals surface area contributed by atoms with Crippen molar-refractivity contribution in [3.05, 3.63) is 89.9 Å². The first-order valence-corrected chi connectivity index (χ1v) is 20.6. The van der Waals surface area contributed by atoms with Crippen molar-refractivity contribution >= 4 is 75.0 Å². The average Bonchev–Trinajstić information content (AvgIpc) is 3.88. The van der Waals surface area contributed by atoms with Crippen molar-refractivity contribution in [3.8, 4) is 28.1 Å². The number of nitrogens with one attached hydrogen (secondary N) is 2. The van der Waals surface area contributed by atoms with E-state index in [9.17, 15) is 24.3 Å². The van der Waals surface area contributed by atoms with E-state index in [2.05, 4.69) is 58.2 Å². The number of oxazole rings is 1. The Hall–Kier alpha value is -4.81. The maximum Gasteiger partial charge on any atom is 0.324 e. The second kappa shape index (κ2) is 21.7.